The molecule has 0 fully saturated rings. The van der Waals surface area contributed by atoms with Gasteiger partial charge in [-0.25, -0.2) is 0 Å². The van der Waals surface area contributed by atoms with Crippen molar-refractivity contribution in [3.8, 4) is 5.75 Å². The lowest BCUT2D eigenvalue weighted by Gasteiger charge is -2.14. The molecule has 0 aliphatic rings. The van der Waals surface area contributed by atoms with Gasteiger partial charge in [0.15, 0.2) is 0 Å². The van der Waals surface area contributed by atoms with Crippen LogP contribution in [0.15, 0.2) is 12.1 Å². The third-order valence-corrected chi connectivity index (χ3v) is 2.38. The third kappa shape index (κ3) is 2.38. The molecule has 0 saturated heterocycles. The Balaban J connectivity index is 3.07. The Bertz CT molecular complexity index is 305. The molecular formula is C10H14ClNO2. The van der Waals surface area contributed by atoms with Crippen LogP contribution in [0, 0.1) is 6.92 Å². The number of aromatic hydroxyl groups is 1. The van der Waals surface area contributed by atoms with E-state index in [9.17, 15) is 5.11 Å². The van der Waals surface area contributed by atoms with Crippen LogP contribution in [-0.2, 0) is 0 Å². The molecule has 1 unspecified atom stereocenters. The molecule has 1 atom stereocenters. The Morgan fingerprint density at radius 2 is 2.14 bits per heavy atom. The number of benzene rings is 1. The molecule has 4 N–H and O–H groups in total. The van der Waals surface area contributed by atoms with Crippen LogP contribution in [-0.4, -0.2) is 16.8 Å². The van der Waals surface area contributed by atoms with Crippen LogP contribution in [0.25, 0.3) is 0 Å². The van der Waals surface area contributed by atoms with Crippen molar-refractivity contribution in [1.29, 1.82) is 0 Å². The van der Waals surface area contributed by atoms with E-state index in [1.54, 1.807) is 12.1 Å². The number of nitrogens with two attached hydrogens (primary N) is 1. The number of hydrogen-bond acceptors (Lipinski definition) is 3. The van der Waals surface area contributed by atoms with Gasteiger partial charge in [0.1, 0.15) is 5.75 Å². The summed E-state index contributed by atoms with van der Waals surface area (Å²) in [7, 11) is 0. The van der Waals surface area contributed by atoms with Crippen molar-refractivity contribution in [2.45, 2.75) is 19.4 Å². The molecule has 0 spiro atoms. The van der Waals surface area contributed by atoms with Crippen LogP contribution in [0.1, 0.15) is 23.6 Å². The average Bonchev–Trinajstić information content (AvgIpc) is 2.01. The molecule has 4 heteroatoms. The Morgan fingerprint density at radius 3 is 2.64 bits per heavy atom. The summed E-state index contributed by atoms with van der Waals surface area (Å²) < 4.78 is 0. The van der Waals surface area contributed by atoms with Gasteiger partial charge in [-0.1, -0.05) is 11.6 Å². The van der Waals surface area contributed by atoms with Crippen LogP contribution >= 0.6 is 11.6 Å². The van der Waals surface area contributed by atoms with Crippen molar-refractivity contribution < 1.29 is 10.2 Å². The summed E-state index contributed by atoms with van der Waals surface area (Å²) in [5.41, 5.74) is 7.14. The van der Waals surface area contributed by atoms with Gasteiger partial charge in [-0.3, -0.25) is 0 Å². The second-order valence-electron chi connectivity index (χ2n) is 3.30. The van der Waals surface area contributed by atoms with E-state index in [-0.39, 0.29) is 12.4 Å². The standard InChI is InChI=1S/C10H14ClNO2/c1-6-4-7(11)10(9(14)5-6)8(12)2-3-13/h4-5,8,13-14H,2-3,12H2,1H3. The zero-order valence-electron chi connectivity index (χ0n) is 8.00. The Labute approximate surface area is 88.1 Å². The van der Waals surface area contributed by atoms with Gasteiger partial charge in [-0.2, -0.15) is 0 Å². The average molecular weight is 216 g/mol. The number of aryl methyl sites for hydroxylation is 1. The third-order valence-electron chi connectivity index (χ3n) is 2.06. The predicted molar refractivity (Wildman–Crippen MR) is 56.5 cm³/mol. The summed E-state index contributed by atoms with van der Waals surface area (Å²) in [6.07, 6.45) is 0.385. The monoisotopic (exact) mass is 215 g/mol. The zero-order chi connectivity index (χ0) is 10.7. The first-order valence-electron chi connectivity index (χ1n) is 4.41. The smallest absolute Gasteiger partial charge is 0.122 e. The highest BCUT2D eigenvalue weighted by Crippen LogP contribution is 2.32. The van der Waals surface area contributed by atoms with Gasteiger partial charge >= 0.3 is 0 Å². The predicted octanol–water partition coefficient (Wildman–Crippen LogP) is 1.74. The summed E-state index contributed by atoms with van der Waals surface area (Å²) in [6, 6.07) is 2.93. The number of aliphatic hydroxyl groups excluding tert-OH is 1. The van der Waals surface area contributed by atoms with Crippen molar-refractivity contribution in [2.24, 2.45) is 5.73 Å². The topological polar surface area (TPSA) is 66.5 Å². The van der Waals surface area contributed by atoms with Gasteiger partial charge in [0, 0.05) is 23.2 Å². The minimum absolute atomic E-state index is 0.0230. The van der Waals surface area contributed by atoms with Crippen molar-refractivity contribution in [2.75, 3.05) is 6.61 Å². The lowest BCUT2D eigenvalue weighted by atomic mass is 10.0. The summed E-state index contributed by atoms with van der Waals surface area (Å²) in [6.45, 7) is 1.82. The van der Waals surface area contributed by atoms with Gasteiger partial charge in [0.25, 0.3) is 0 Å². The molecule has 0 heterocycles. The highest BCUT2D eigenvalue weighted by atomic mass is 35.5. The number of phenols is 1. The Kier molecular flexibility index (Phi) is 3.75. The summed E-state index contributed by atoms with van der Waals surface area (Å²) in [4.78, 5) is 0. The van der Waals surface area contributed by atoms with Crippen molar-refractivity contribution in [1.82, 2.24) is 0 Å². The van der Waals surface area contributed by atoms with Gasteiger partial charge in [0.2, 0.25) is 0 Å². The molecule has 0 aromatic heterocycles. The lowest BCUT2D eigenvalue weighted by Crippen LogP contribution is -2.12. The first-order valence-corrected chi connectivity index (χ1v) is 4.79. The number of hydrogen-bond donors (Lipinski definition) is 3. The van der Waals surface area contributed by atoms with Crippen LogP contribution in [0.3, 0.4) is 0 Å². The van der Waals surface area contributed by atoms with E-state index in [1.165, 1.54) is 0 Å². The number of phenolic OH excluding ortho intramolecular Hbond substituents is 1. The summed E-state index contributed by atoms with van der Waals surface area (Å²) in [5.74, 6) is 0.0935. The molecule has 0 radical (unpaired) electrons. The molecule has 14 heavy (non-hydrogen) atoms. The van der Waals surface area contributed by atoms with Crippen molar-refractivity contribution >= 4 is 11.6 Å². The summed E-state index contributed by atoms with van der Waals surface area (Å²) in [5, 5.41) is 18.8. The van der Waals surface area contributed by atoms with E-state index >= 15 is 0 Å². The maximum atomic E-state index is 9.62. The van der Waals surface area contributed by atoms with Crippen LogP contribution in [0.5, 0.6) is 5.75 Å². The molecule has 0 saturated carbocycles. The molecule has 3 nitrogen and oxygen atoms in total. The molecule has 0 amide bonds. The Morgan fingerprint density at radius 1 is 1.50 bits per heavy atom. The quantitative estimate of drug-likeness (QED) is 0.720. The van der Waals surface area contributed by atoms with E-state index in [0.29, 0.717) is 17.0 Å². The van der Waals surface area contributed by atoms with E-state index in [1.807, 2.05) is 6.92 Å². The van der Waals surface area contributed by atoms with Crippen LogP contribution < -0.4 is 5.73 Å². The first-order chi connectivity index (χ1) is 6.56. The Hall–Kier alpha value is -0.770. The molecule has 78 valence electrons. The van der Waals surface area contributed by atoms with Crippen LogP contribution in [0.4, 0.5) is 0 Å². The highest BCUT2D eigenvalue weighted by molar-refractivity contribution is 6.31. The molecule has 0 aliphatic heterocycles. The second-order valence-corrected chi connectivity index (χ2v) is 3.71. The van der Waals surface area contributed by atoms with Gasteiger partial charge < -0.3 is 15.9 Å². The van der Waals surface area contributed by atoms with Gasteiger partial charge in [-0.15, -0.1) is 0 Å². The lowest BCUT2D eigenvalue weighted by molar-refractivity contribution is 0.275. The molecular weight excluding hydrogens is 202 g/mol. The molecule has 1 aromatic carbocycles. The van der Waals surface area contributed by atoms with Crippen molar-refractivity contribution in [3.63, 3.8) is 0 Å². The molecule has 0 bridgehead atoms. The maximum Gasteiger partial charge on any atom is 0.122 e. The fraction of sp³-hybridized carbons (Fsp3) is 0.400. The minimum atomic E-state index is -0.423. The maximum absolute atomic E-state index is 9.62. The molecule has 1 aromatic rings. The van der Waals surface area contributed by atoms with Gasteiger partial charge in [-0.05, 0) is 31.0 Å². The van der Waals surface area contributed by atoms with E-state index in [4.69, 9.17) is 22.4 Å². The summed E-state index contributed by atoms with van der Waals surface area (Å²) >= 11 is 5.94. The minimum Gasteiger partial charge on any atom is -0.508 e. The largest absolute Gasteiger partial charge is 0.508 e. The number of aliphatic hydroxyl groups is 1. The van der Waals surface area contributed by atoms with E-state index in [2.05, 4.69) is 0 Å². The fourth-order valence-electron chi connectivity index (χ4n) is 1.39. The van der Waals surface area contributed by atoms with Crippen LogP contribution in [0.2, 0.25) is 5.02 Å². The second kappa shape index (κ2) is 4.64. The molecule has 1 rings (SSSR count). The van der Waals surface area contributed by atoms with Gasteiger partial charge in [0.05, 0.1) is 0 Å². The zero-order valence-corrected chi connectivity index (χ0v) is 8.75. The normalized spacial score (nSPS) is 12.9. The molecule has 0 aliphatic carbocycles. The number of halogens is 1. The first kappa shape index (κ1) is 11.3. The van der Waals surface area contributed by atoms with E-state index in [0.717, 1.165) is 5.56 Å². The van der Waals surface area contributed by atoms with E-state index < -0.39 is 6.04 Å². The highest BCUT2D eigenvalue weighted by Gasteiger charge is 2.14. The SMILES string of the molecule is Cc1cc(O)c(C(N)CCO)c(Cl)c1. The van der Waals surface area contributed by atoms with Crippen molar-refractivity contribution in [3.05, 3.63) is 28.3 Å². The fourth-order valence-corrected chi connectivity index (χ4v) is 1.79. The number of rotatable bonds is 3.